The van der Waals surface area contributed by atoms with Crippen LogP contribution < -0.4 is 10.6 Å². The van der Waals surface area contributed by atoms with Crippen molar-refractivity contribution in [2.75, 3.05) is 25.1 Å². The summed E-state index contributed by atoms with van der Waals surface area (Å²) in [5, 5.41) is 7.15. The summed E-state index contributed by atoms with van der Waals surface area (Å²) in [6.07, 6.45) is 0.789. The number of hydrogen-bond acceptors (Lipinski definition) is 4. The molecule has 0 saturated carbocycles. The molecule has 140 valence electrons. The normalized spacial score (nSPS) is 10.7. The number of pyridine rings is 1. The molecule has 0 bridgehead atoms. The molecule has 3 aromatic rings. The minimum atomic E-state index is -0.0991. The van der Waals surface area contributed by atoms with Crippen molar-refractivity contribution >= 4 is 28.3 Å². The van der Waals surface area contributed by atoms with Crippen LogP contribution in [0.2, 0.25) is 0 Å². The van der Waals surface area contributed by atoms with Crippen molar-refractivity contribution in [3.05, 3.63) is 65.7 Å². The van der Waals surface area contributed by atoms with E-state index in [-0.39, 0.29) is 5.91 Å². The van der Waals surface area contributed by atoms with Gasteiger partial charge in [-0.25, -0.2) is 4.98 Å². The third-order valence-electron chi connectivity index (χ3n) is 4.32. The number of ether oxygens (including phenoxy) is 1. The van der Waals surface area contributed by atoms with Crippen LogP contribution in [0.4, 0.5) is 11.5 Å². The Bertz CT molecular complexity index is 924. The number of hydrogen-bond donors (Lipinski definition) is 2. The van der Waals surface area contributed by atoms with Gasteiger partial charge >= 0.3 is 0 Å². The topological polar surface area (TPSA) is 63.2 Å². The van der Waals surface area contributed by atoms with Gasteiger partial charge in [0.05, 0.1) is 11.1 Å². The average molecular weight is 363 g/mol. The number of nitrogens with zero attached hydrogens (tertiary/aromatic N) is 1. The molecule has 0 fully saturated rings. The Labute approximate surface area is 159 Å². The highest BCUT2D eigenvalue weighted by Crippen LogP contribution is 2.24. The lowest BCUT2D eigenvalue weighted by Crippen LogP contribution is -2.25. The summed E-state index contributed by atoms with van der Waals surface area (Å²) in [6.45, 7) is 5.92. The molecule has 0 radical (unpaired) electrons. The van der Waals surface area contributed by atoms with Gasteiger partial charge in [-0.15, -0.1) is 0 Å². The maximum Gasteiger partial charge on any atom is 0.252 e. The van der Waals surface area contributed by atoms with Gasteiger partial charge in [-0.3, -0.25) is 4.79 Å². The summed E-state index contributed by atoms with van der Waals surface area (Å²) in [7, 11) is 0. The molecule has 0 aliphatic carbocycles. The van der Waals surface area contributed by atoms with E-state index in [1.807, 2.05) is 68.4 Å². The molecule has 1 amide bonds. The largest absolute Gasteiger partial charge is 0.382 e. The number of carbonyl (C=O) groups is 1. The molecule has 0 saturated heterocycles. The predicted molar refractivity (Wildman–Crippen MR) is 110 cm³/mol. The highest BCUT2D eigenvalue weighted by Gasteiger charge is 2.13. The summed E-state index contributed by atoms with van der Waals surface area (Å²) in [5.41, 5.74) is 3.50. The highest BCUT2D eigenvalue weighted by molar-refractivity contribution is 6.07. The second-order valence-corrected chi connectivity index (χ2v) is 6.32. The minimum Gasteiger partial charge on any atom is -0.382 e. The lowest BCUT2D eigenvalue weighted by Gasteiger charge is -2.13. The zero-order valence-corrected chi connectivity index (χ0v) is 15.8. The predicted octanol–water partition coefficient (Wildman–Crippen LogP) is 4.44. The molecule has 1 heterocycles. The van der Waals surface area contributed by atoms with Crippen LogP contribution in [0.15, 0.2) is 54.6 Å². The van der Waals surface area contributed by atoms with Crippen molar-refractivity contribution in [1.29, 1.82) is 0 Å². The van der Waals surface area contributed by atoms with Gasteiger partial charge in [0.25, 0.3) is 5.91 Å². The summed E-state index contributed by atoms with van der Waals surface area (Å²) >= 11 is 0. The summed E-state index contributed by atoms with van der Waals surface area (Å²) < 4.78 is 5.32. The summed E-state index contributed by atoms with van der Waals surface area (Å²) in [4.78, 5) is 17.4. The van der Waals surface area contributed by atoms with E-state index in [2.05, 4.69) is 15.6 Å². The van der Waals surface area contributed by atoms with Gasteiger partial charge in [0.2, 0.25) is 0 Å². The third kappa shape index (κ3) is 4.83. The fourth-order valence-electron chi connectivity index (χ4n) is 2.89. The highest BCUT2D eigenvalue weighted by atomic mass is 16.5. The number of nitrogens with one attached hydrogen (secondary N) is 2. The summed E-state index contributed by atoms with van der Waals surface area (Å²) in [5.74, 6) is 0.556. The number of fused-ring (bicyclic) bond motifs is 1. The zero-order valence-electron chi connectivity index (χ0n) is 15.8. The number of benzene rings is 2. The smallest absolute Gasteiger partial charge is 0.252 e. The van der Waals surface area contributed by atoms with Gasteiger partial charge in [-0.2, -0.15) is 0 Å². The maximum absolute atomic E-state index is 12.8. The van der Waals surface area contributed by atoms with Crippen LogP contribution in [0.1, 0.15) is 29.3 Å². The number of amides is 1. The zero-order chi connectivity index (χ0) is 19.1. The molecule has 0 unspecified atom stereocenters. The molecular formula is C22H25N3O2. The molecule has 0 aliphatic rings. The van der Waals surface area contributed by atoms with Crippen LogP contribution in [0.5, 0.6) is 0 Å². The Hall–Kier alpha value is -2.92. The van der Waals surface area contributed by atoms with Crippen LogP contribution in [0, 0.1) is 6.92 Å². The maximum atomic E-state index is 12.8. The van der Waals surface area contributed by atoms with E-state index in [1.165, 1.54) is 0 Å². The van der Waals surface area contributed by atoms with E-state index in [0.717, 1.165) is 28.6 Å². The Morgan fingerprint density at radius 1 is 1.11 bits per heavy atom. The molecular weight excluding hydrogens is 338 g/mol. The van der Waals surface area contributed by atoms with Crippen LogP contribution in [-0.2, 0) is 4.74 Å². The van der Waals surface area contributed by atoms with Crippen molar-refractivity contribution in [1.82, 2.24) is 10.3 Å². The van der Waals surface area contributed by atoms with E-state index in [4.69, 9.17) is 4.74 Å². The van der Waals surface area contributed by atoms with Gasteiger partial charge in [-0.05, 0) is 44.0 Å². The Morgan fingerprint density at radius 2 is 1.89 bits per heavy atom. The Morgan fingerprint density at radius 3 is 2.70 bits per heavy atom. The van der Waals surface area contributed by atoms with Gasteiger partial charge in [0.1, 0.15) is 5.82 Å². The second kappa shape index (κ2) is 9.14. The van der Waals surface area contributed by atoms with Gasteiger partial charge in [0.15, 0.2) is 0 Å². The molecule has 0 atom stereocenters. The molecule has 1 aromatic heterocycles. The Kier molecular flexibility index (Phi) is 6.39. The van der Waals surface area contributed by atoms with Crippen LogP contribution >= 0.6 is 0 Å². The lowest BCUT2D eigenvalue weighted by atomic mass is 10.1. The number of rotatable bonds is 8. The van der Waals surface area contributed by atoms with Gasteiger partial charge < -0.3 is 15.4 Å². The number of aryl methyl sites for hydroxylation is 1. The lowest BCUT2D eigenvalue weighted by molar-refractivity contribution is 0.0946. The van der Waals surface area contributed by atoms with Crippen LogP contribution in [0.25, 0.3) is 10.9 Å². The first-order valence-electron chi connectivity index (χ1n) is 9.27. The van der Waals surface area contributed by atoms with Gasteiger partial charge in [0, 0.05) is 30.8 Å². The minimum absolute atomic E-state index is 0.0991. The standard InChI is InChI=1S/C22H25N3O2/c1-3-27-14-8-13-23-22(26)18-15-21(24-19-11-6-4-9-16(19)2)25-20-12-7-5-10-17(18)20/h4-7,9-12,15H,3,8,13-14H2,1-2H3,(H,23,26)(H,24,25). The fraction of sp³-hybridized carbons (Fsp3) is 0.273. The first-order valence-corrected chi connectivity index (χ1v) is 9.27. The third-order valence-corrected chi connectivity index (χ3v) is 4.32. The first-order chi connectivity index (χ1) is 13.2. The number of aromatic nitrogens is 1. The SMILES string of the molecule is CCOCCCNC(=O)c1cc(Nc2ccccc2C)nc2ccccc12. The molecule has 0 aliphatic heterocycles. The summed E-state index contributed by atoms with van der Waals surface area (Å²) in [6, 6.07) is 17.5. The van der Waals surface area contributed by atoms with E-state index in [1.54, 1.807) is 0 Å². The van der Waals surface area contributed by atoms with Crippen molar-refractivity contribution in [3.63, 3.8) is 0 Å². The number of para-hydroxylation sites is 2. The average Bonchev–Trinajstić information content (AvgIpc) is 2.69. The monoisotopic (exact) mass is 363 g/mol. The van der Waals surface area contributed by atoms with E-state index in [9.17, 15) is 4.79 Å². The number of carbonyl (C=O) groups excluding carboxylic acids is 1. The molecule has 3 rings (SSSR count). The first kappa shape index (κ1) is 18.9. The van der Waals surface area contributed by atoms with E-state index in [0.29, 0.717) is 31.1 Å². The van der Waals surface area contributed by atoms with E-state index < -0.39 is 0 Å². The number of anilines is 2. The molecule has 5 heteroatoms. The van der Waals surface area contributed by atoms with Crippen molar-refractivity contribution in [3.8, 4) is 0 Å². The second-order valence-electron chi connectivity index (χ2n) is 6.32. The molecule has 27 heavy (non-hydrogen) atoms. The van der Waals surface area contributed by atoms with Crippen molar-refractivity contribution in [2.45, 2.75) is 20.3 Å². The Balaban J connectivity index is 1.85. The molecule has 2 N–H and O–H groups in total. The molecule has 5 nitrogen and oxygen atoms in total. The fourth-order valence-corrected chi connectivity index (χ4v) is 2.89. The molecule has 2 aromatic carbocycles. The van der Waals surface area contributed by atoms with Gasteiger partial charge in [-0.1, -0.05) is 36.4 Å². The van der Waals surface area contributed by atoms with Crippen molar-refractivity contribution < 1.29 is 9.53 Å². The van der Waals surface area contributed by atoms with Crippen LogP contribution in [-0.4, -0.2) is 30.6 Å². The van der Waals surface area contributed by atoms with E-state index >= 15 is 0 Å². The van der Waals surface area contributed by atoms with Crippen LogP contribution in [0.3, 0.4) is 0 Å². The quantitative estimate of drug-likeness (QED) is 0.581. The molecule has 0 spiro atoms. The van der Waals surface area contributed by atoms with Crippen molar-refractivity contribution in [2.24, 2.45) is 0 Å².